The van der Waals surface area contributed by atoms with Crippen molar-refractivity contribution in [3.8, 4) is 0 Å². The van der Waals surface area contributed by atoms with Gasteiger partial charge in [-0.2, -0.15) is 5.10 Å². The molecular weight excluding hydrogens is 216 g/mol. The van der Waals surface area contributed by atoms with Crippen LogP contribution in [0, 0.1) is 0 Å². The summed E-state index contributed by atoms with van der Waals surface area (Å²) >= 11 is 0. The number of aromatic amines is 1. The van der Waals surface area contributed by atoms with Gasteiger partial charge in [0.1, 0.15) is 5.69 Å². The Hall–Kier alpha value is -1.36. The highest BCUT2D eigenvalue weighted by Crippen LogP contribution is 2.13. The second-order valence-corrected chi connectivity index (χ2v) is 4.47. The fourth-order valence-electron chi connectivity index (χ4n) is 2.32. The molecule has 2 heterocycles. The van der Waals surface area contributed by atoms with Gasteiger partial charge >= 0.3 is 0 Å². The van der Waals surface area contributed by atoms with Crippen molar-refractivity contribution in [2.75, 3.05) is 19.6 Å². The van der Waals surface area contributed by atoms with E-state index < -0.39 is 0 Å². The maximum Gasteiger partial charge on any atom is 0.272 e. The summed E-state index contributed by atoms with van der Waals surface area (Å²) in [6.07, 6.45) is 4.83. The van der Waals surface area contributed by atoms with Crippen LogP contribution in [0.5, 0.6) is 0 Å². The third kappa shape index (κ3) is 2.85. The van der Waals surface area contributed by atoms with E-state index in [1.807, 2.05) is 4.90 Å². The average Bonchev–Trinajstić information content (AvgIpc) is 2.90. The predicted molar refractivity (Wildman–Crippen MR) is 65.8 cm³/mol. The molecule has 1 aliphatic heterocycles. The quantitative estimate of drug-likeness (QED) is 0.820. The number of carbonyl (C=O) groups is 1. The van der Waals surface area contributed by atoms with E-state index in [-0.39, 0.29) is 5.91 Å². The van der Waals surface area contributed by atoms with Gasteiger partial charge in [-0.05, 0) is 31.9 Å². The molecule has 1 aromatic heterocycles. The number of carbonyl (C=O) groups excluding carboxylic acids is 1. The second kappa shape index (κ2) is 5.82. The molecule has 0 radical (unpaired) electrons. The Labute approximate surface area is 102 Å². The predicted octanol–water partition coefficient (Wildman–Crippen LogP) is 1.01. The first-order valence-corrected chi connectivity index (χ1v) is 6.34. The second-order valence-electron chi connectivity index (χ2n) is 4.47. The van der Waals surface area contributed by atoms with Gasteiger partial charge in [-0.3, -0.25) is 9.89 Å². The molecule has 0 aromatic carbocycles. The molecule has 17 heavy (non-hydrogen) atoms. The van der Waals surface area contributed by atoms with E-state index >= 15 is 0 Å². The van der Waals surface area contributed by atoms with E-state index in [9.17, 15) is 4.79 Å². The summed E-state index contributed by atoms with van der Waals surface area (Å²) in [4.78, 5) is 14.3. The lowest BCUT2D eigenvalue weighted by Gasteiger charge is -2.34. The van der Waals surface area contributed by atoms with Crippen molar-refractivity contribution < 1.29 is 4.79 Å². The summed E-state index contributed by atoms with van der Waals surface area (Å²) in [5.74, 6) is 0.0676. The molecule has 0 spiro atoms. The number of aromatic nitrogens is 2. The minimum Gasteiger partial charge on any atom is -0.333 e. The van der Waals surface area contributed by atoms with Crippen LogP contribution in [-0.4, -0.2) is 46.7 Å². The summed E-state index contributed by atoms with van der Waals surface area (Å²) < 4.78 is 0. The minimum atomic E-state index is 0.0676. The Bertz CT molecular complexity index is 343. The van der Waals surface area contributed by atoms with Gasteiger partial charge in [0.2, 0.25) is 0 Å². The molecule has 1 aliphatic rings. The van der Waals surface area contributed by atoms with Crippen LogP contribution in [-0.2, 0) is 0 Å². The Balaban J connectivity index is 2.07. The molecule has 1 atom stereocenters. The number of nitrogens with zero attached hydrogens (tertiary/aromatic N) is 2. The molecule has 1 aromatic rings. The van der Waals surface area contributed by atoms with Gasteiger partial charge < -0.3 is 10.2 Å². The van der Waals surface area contributed by atoms with Crippen molar-refractivity contribution >= 4 is 5.91 Å². The molecule has 5 nitrogen and oxygen atoms in total. The molecule has 2 N–H and O–H groups in total. The number of piperidine rings is 1. The highest BCUT2D eigenvalue weighted by molar-refractivity contribution is 5.92. The number of hydrogen-bond acceptors (Lipinski definition) is 3. The van der Waals surface area contributed by atoms with Crippen LogP contribution in [0.25, 0.3) is 0 Å². The Morgan fingerprint density at radius 3 is 3.12 bits per heavy atom. The third-order valence-corrected chi connectivity index (χ3v) is 3.17. The topological polar surface area (TPSA) is 61.0 Å². The zero-order valence-electron chi connectivity index (χ0n) is 10.3. The number of hydrogen-bond donors (Lipinski definition) is 2. The van der Waals surface area contributed by atoms with Crippen molar-refractivity contribution in [1.82, 2.24) is 20.4 Å². The van der Waals surface area contributed by atoms with Gasteiger partial charge in [0.15, 0.2) is 0 Å². The van der Waals surface area contributed by atoms with Crippen molar-refractivity contribution in [2.45, 2.75) is 32.2 Å². The lowest BCUT2D eigenvalue weighted by Crippen LogP contribution is -2.49. The number of amides is 1. The minimum absolute atomic E-state index is 0.0676. The van der Waals surface area contributed by atoms with Gasteiger partial charge in [0.05, 0.1) is 0 Å². The normalized spacial score (nSPS) is 20.2. The fraction of sp³-hybridized carbons (Fsp3) is 0.667. The van der Waals surface area contributed by atoms with E-state index in [1.54, 1.807) is 12.3 Å². The summed E-state index contributed by atoms with van der Waals surface area (Å²) in [5.41, 5.74) is 0.587. The molecule has 1 saturated heterocycles. The maximum atomic E-state index is 12.3. The highest BCUT2D eigenvalue weighted by atomic mass is 16.2. The highest BCUT2D eigenvalue weighted by Gasteiger charge is 2.25. The molecule has 0 bridgehead atoms. The largest absolute Gasteiger partial charge is 0.333 e. The van der Waals surface area contributed by atoms with Crippen LogP contribution >= 0.6 is 0 Å². The standard InChI is InChI=1S/C12H20N4O/c1-2-8-16(10-4-3-6-13-9-10)12(17)11-5-7-14-15-11/h5,7,10,13H,2-4,6,8-9H2,1H3,(H,14,15). The molecule has 2 rings (SSSR count). The summed E-state index contributed by atoms with van der Waals surface area (Å²) in [7, 11) is 0. The van der Waals surface area contributed by atoms with Crippen LogP contribution in [0.15, 0.2) is 12.3 Å². The van der Waals surface area contributed by atoms with Gasteiger partial charge in [0, 0.05) is 25.3 Å². The zero-order valence-corrected chi connectivity index (χ0v) is 10.3. The van der Waals surface area contributed by atoms with E-state index in [4.69, 9.17) is 0 Å². The summed E-state index contributed by atoms with van der Waals surface area (Å²) in [5, 5.41) is 9.95. The average molecular weight is 236 g/mol. The first-order valence-electron chi connectivity index (χ1n) is 6.34. The van der Waals surface area contributed by atoms with Gasteiger partial charge in [-0.25, -0.2) is 0 Å². The molecule has 1 amide bonds. The third-order valence-electron chi connectivity index (χ3n) is 3.17. The van der Waals surface area contributed by atoms with Gasteiger partial charge in [-0.1, -0.05) is 6.92 Å². The lowest BCUT2D eigenvalue weighted by molar-refractivity contribution is 0.0643. The lowest BCUT2D eigenvalue weighted by atomic mass is 10.1. The molecule has 0 aliphatic carbocycles. The Morgan fingerprint density at radius 1 is 1.65 bits per heavy atom. The van der Waals surface area contributed by atoms with Crippen LogP contribution in [0.2, 0.25) is 0 Å². The van der Waals surface area contributed by atoms with Gasteiger partial charge in [0.25, 0.3) is 5.91 Å². The van der Waals surface area contributed by atoms with Crippen molar-refractivity contribution in [3.63, 3.8) is 0 Å². The maximum absolute atomic E-state index is 12.3. The fourth-order valence-corrected chi connectivity index (χ4v) is 2.32. The zero-order chi connectivity index (χ0) is 12.1. The van der Waals surface area contributed by atoms with Crippen molar-refractivity contribution in [3.05, 3.63) is 18.0 Å². The molecule has 1 unspecified atom stereocenters. The van der Waals surface area contributed by atoms with Crippen molar-refractivity contribution in [1.29, 1.82) is 0 Å². The van der Waals surface area contributed by atoms with Gasteiger partial charge in [-0.15, -0.1) is 0 Å². The number of rotatable bonds is 4. The number of nitrogens with one attached hydrogen (secondary N) is 2. The first-order chi connectivity index (χ1) is 8.33. The van der Waals surface area contributed by atoms with Crippen LogP contribution in [0.1, 0.15) is 36.7 Å². The molecule has 0 saturated carbocycles. The Morgan fingerprint density at radius 2 is 2.53 bits per heavy atom. The Kier molecular flexibility index (Phi) is 4.14. The van der Waals surface area contributed by atoms with E-state index in [2.05, 4.69) is 22.4 Å². The summed E-state index contributed by atoms with van der Waals surface area (Å²) in [6.45, 7) is 4.88. The van der Waals surface area contributed by atoms with Crippen LogP contribution < -0.4 is 5.32 Å². The first kappa shape index (κ1) is 12.1. The summed E-state index contributed by atoms with van der Waals surface area (Å²) in [6, 6.07) is 2.06. The number of H-pyrrole nitrogens is 1. The molecule has 5 heteroatoms. The molecule has 94 valence electrons. The van der Waals surface area contributed by atoms with E-state index in [0.717, 1.165) is 38.9 Å². The van der Waals surface area contributed by atoms with Crippen LogP contribution in [0.4, 0.5) is 0 Å². The van der Waals surface area contributed by atoms with Crippen molar-refractivity contribution in [2.24, 2.45) is 0 Å². The molecular formula is C12H20N4O. The van der Waals surface area contributed by atoms with Crippen LogP contribution in [0.3, 0.4) is 0 Å². The smallest absolute Gasteiger partial charge is 0.272 e. The SMILES string of the molecule is CCCN(C(=O)c1ccn[nH]1)C1CCCNC1. The van der Waals surface area contributed by atoms with E-state index in [0.29, 0.717) is 11.7 Å². The van der Waals surface area contributed by atoms with E-state index in [1.165, 1.54) is 0 Å². The monoisotopic (exact) mass is 236 g/mol. The molecule has 1 fully saturated rings.